The van der Waals surface area contributed by atoms with Crippen molar-refractivity contribution in [1.82, 2.24) is 0 Å². The van der Waals surface area contributed by atoms with Crippen LogP contribution in [-0.2, 0) is 0 Å². The first-order chi connectivity index (χ1) is 8.13. The molecule has 94 valence electrons. The summed E-state index contributed by atoms with van der Waals surface area (Å²) in [6.07, 6.45) is 5.90. The lowest BCUT2D eigenvalue weighted by Crippen LogP contribution is -2.27. The van der Waals surface area contributed by atoms with E-state index in [0.29, 0.717) is 0 Å². The lowest BCUT2D eigenvalue weighted by atomic mass is 10.1. The van der Waals surface area contributed by atoms with Crippen molar-refractivity contribution in [2.45, 2.75) is 3.41 Å². The molecule has 1 aromatic carbocycles. The molecular formula is C12H16O2S3. The fourth-order valence-electron chi connectivity index (χ4n) is 1.45. The molecule has 0 aliphatic heterocycles. The Balaban J connectivity index is 3.01. The van der Waals surface area contributed by atoms with Gasteiger partial charge in [-0.25, -0.2) is 0 Å². The molecule has 0 spiro atoms. The van der Waals surface area contributed by atoms with E-state index in [2.05, 4.69) is 0 Å². The van der Waals surface area contributed by atoms with E-state index in [-0.39, 0.29) is 5.78 Å². The van der Waals surface area contributed by atoms with Gasteiger partial charge in [-0.15, -0.1) is 35.3 Å². The Labute approximate surface area is 115 Å². The number of ketones is 1. The van der Waals surface area contributed by atoms with E-state index >= 15 is 0 Å². The SMILES string of the molecule is COc1ccc(C(=O)C(SC)(SC)SC)cc1. The first kappa shape index (κ1) is 14.8. The van der Waals surface area contributed by atoms with Gasteiger partial charge in [-0.1, -0.05) is 0 Å². The number of Topliss-reactive ketones (excluding diaryl/α,β-unsaturated/α-hetero) is 1. The second-order valence-corrected chi connectivity index (χ2v) is 7.06. The van der Waals surface area contributed by atoms with Crippen LogP contribution >= 0.6 is 35.3 Å². The number of hydrogen-bond acceptors (Lipinski definition) is 5. The molecule has 0 aliphatic rings. The highest BCUT2D eigenvalue weighted by molar-refractivity contribution is 8.34. The van der Waals surface area contributed by atoms with E-state index < -0.39 is 3.41 Å². The molecule has 1 rings (SSSR count). The Kier molecular flexibility index (Phi) is 5.76. The molecule has 0 atom stereocenters. The van der Waals surface area contributed by atoms with Gasteiger partial charge in [-0.2, -0.15) is 0 Å². The van der Waals surface area contributed by atoms with Crippen molar-refractivity contribution in [2.75, 3.05) is 25.9 Å². The van der Waals surface area contributed by atoms with Gasteiger partial charge in [0.25, 0.3) is 0 Å². The number of ether oxygens (including phenoxy) is 1. The van der Waals surface area contributed by atoms with Crippen molar-refractivity contribution in [2.24, 2.45) is 0 Å². The molecule has 0 fully saturated rings. The van der Waals surface area contributed by atoms with Crippen molar-refractivity contribution >= 4 is 41.1 Å². The van der Waals surface area contributed by atoms with E-state index in [4.69, 9.17) is 4.74 Å². The molecule has 0 saturated carbocycles. The van der Waals surface area contributed by atoms with Gasteiger partial charge in [0.05, 0.1) is 7.11 Å². The van der Waals surface area contributed by atoms with Gasteiger partial charge in [-0.3, -0.25) is 4.79 Å². The molecule has 0 saturated heterocycles. The van der Waals surface area contributed by atoms with Crippen LogP contribution in [0.1, 0.15) is 10.4 Å². The predicted octanol–water partition coefficient (Wildman–Crippen LogP) is 3.62. The number of hydrogen-bond donors (Lipinski definition) is 0. The van der Waals surface area contributed by atoms with Crippen LogP contribution in [0, 0.1) is 0 Å². The highest BCUT2D eigenvalue weighted by Gasteiger charge is 2.36. The van der Waals surface area contributed by atoms with Crippen molar-refractivity contribution in [3.05, 3.63) is 29.8 Å². The van der Waals surface area contributed by atoms with Gasteiger partial charge < -0.3 is 4.74 Å². The molecular weight excluding hydrogens is 272 g/mol. The van der Waals surface area contributed by atoms with E-state index in [1.807, 2.05) is 43.0 Å². The molecule has 0 amide bonds. The quantitative estimate of drug-likeness (QED) is 0.588. The molecule has 0 unspecified atom stereocenters. The highest BCUT2D eigenvalue weighted by Crippen LogP contribution is 2.45. The van der Waals surface area contributed by atoms with Crippen LogP contribution in [0.4, 0.5) is 0 Å². The third-order valence-corrected chi connectivity index (χ3v) is 7.61. The van der Waals surface area contributed by atoms with Crippen LogP contribution in [-0.4, -0.2) is 35.1 Å². The zero-order chi connectivity index (χ0) is 12.9. The molecule has 0 radical (unpaired) electrons. The van der Waals surface area contributed by atoms with E-state index in [1.54, 1.807) is 42.4 Å². The zero-order valence-electron chi connectivity index (χ0n) is 10.4. The highest BCUT2D eigenvalue weighted by atomic mass is 32.3. The number of rotatable bonds is 6. The van der Waals surface area contributed by atoms with Gasteiger partial charge in [0.1, 0.15) is 5.75 Å². The normalized spacial score (nSPS) is 11.3. The maximum absolute atomic E-state index is 12.5. The maximum atomic E-state index is 12.5. The summed E-state index contributed by atoms with van der Waals surface area (Å²) in [6.45, 7) is 0. The Morgan fingerprint density at radius 3 is 1.88 bits per heavy atom. The average molecular weight is 288 g/mol. The molecule has 5 heteroatoms. The smallest absolute Gasteiger partial charge is 0.199 e. The van der Waals surface area contributed by atoms with Gasteiger partial charge in [0, 0.05) is 5.56 Å². The number of carbonyl (C=O) groups excluding carboxylic acids is 1. The number of methoxy groups -OCH3 is 1. The molecule has 17 heavy (non-hydrogen) atoms. The van der Waals surface area contributed by atoms with E-state index in [9.17, 15) is 4.79 Å². The van der Waals surface area contributed by atoms with Gasteiger partial charge >= 0.3 is 0 Å². The maximum Gasteiger partial charge on any atom is 0.199 e. The van der Waals surface area contributed by atoms with Crippen LogP contribution in [0.15, 0.2) is 24.3 Å². The van der Waals surface area contributed by atoms with Crippen LogP contribution in [0.3, 0.4) is 0 Å². The summed E-state index contributed by atoms with van der Waals surface area (Å²) in [7, 11) is 1.62. The first-order valence-electron chi connectivity index (χ1n) is 4.97. The third-order valence-electron chi connectivity index (χ3n) is 2.44. The average Bonchev–Trinajstić information content (AvgIpc) is 2.41. The van der Waals surface area contributed by atoms with Gasteiger partial charge in [0.2, 0.25) is 0 Å². The van der Waals surface area contributed by atoms with Crippen molar-refractivity contribution in [1.29, 1.82) is 0 Å². The van der Waals surface area contributed by atoms with Crippen LogP contribution in [0.5, 0.6) is 5.75 Å². The Morgan fingerprint density at radius 2 is 1.53 bits per heavy atom. The molecule has 0 aliphatic carbocycles. The Hall–Kier alpha value is -0.260. The van der Waals surface area contributed by atoms with Gasteiger partial charge in [0.15, 0.2) is 9.19 Å². The number of benzene rings is 1. The molecule has 0 N–H and O–H groups in total. The summed E-state index contributed by atoms with van der Waals surface area (Å²) in [5, 5.41) is 0. The fraction of sp³-hybridized carbons (Fsp3) is 0.417. The van der Waals surface area contributed by atoms with Crippen LogP contribution < -0.4 is 4.74 Å². The lowest BCUT2D eigenvalue weighted by Gasteiger charge is -2.26. The second-order valence-electron chi connectivity index (χ2n) is 3.23. The summed E-state index contributed by atoms with van der Waals surface area (Å²) in [4.78, 5) is 12.5. The van der Waals surface area contributed by atoms with Gasteiger partial charge in [-0.05, 0) is 43.0 Å². The monoisotopic (exact) mass is 288 g/mol. The van der Waals surface area contributed by atoms with E-state index in [0.717, 1.165) is 11.3 Å². The topological polar surface area (TPSA) is 26.3 Å². The van der Waals surface area contributed by atoms with Crippen LogP contribution in [0.25, 0.3) is 0 Å². The minimum absolute atomic E-state index is 0.146. The summed E-state index contributed by atoms with van der Waals surface area (Å²) in [5.41, 5.74) is 0.726. The molecule has 0 aromatic heterocycles. The zero-order valence-corrected chi connectivity index (χ0v) is 12.8. The number of carbonyl (C=O) groups is 1. The lowest BCUT2D eigenvalue weighted by molar-refractivity contribution is 0.100. The predicted molar refractivity (Wildman–Crippen MR) is 80.6 cm³/mol. The molecule has 1 aromatic rings. The number of thioether (sulfide) groups is 3. The fourth-order valence-corrected chi connectivity index (χ4v) is 4.36. The summed E-state index contributed by atoms with van der Waals surface area (Å²) >= 11 is 4.73. The van der Waals surface area contributed by atoms with E-state index in [1.165, 1.54) is 0 Å². The summed E-state index contributed by atoms with van der Waals surface area (Å²) in [5.74, 6) is 0.914. The molecule has 0 heterocycles. The summed E-state index contributed by atoms with van der Waals surface area (Å²) in [6, 6.07) is 7.27. The Morgan fingerprint density at radius 1 is 1.06 bits per heavy atom. The Bertz CT molecular complexity index is 364. The molecule has 2 nitrogen and oxygen atoms in total. The minimum Gasteiger partial charge on any atom is -0.497 e. The van der Waals surface area contributed by atoms with Crippen molar-refractivity contribution in [3.8, 4) is 5.75 Å². The second kappa shape index (κ2) is 6.61. The first-order valence-corrected chi connectivity index (χ1v) is 8.65. The van der Waals surface area contributed by atoms with Crippen molar-refractivity contribution < 1.29 is 9.53 Å². The third kappa shape index (κ3) is 3.14. The summed E-state index contributed by atoms with van der Waals surface area (Å²) < 4.78 is 4.64. The van der Waals surface area contributed by atoms with Crippen LogP contribution in [0.2, 0.25) is 0 Å². The standard InChI is InChI=1S/C12H16O2S3/c1-14-10-7-5-9(6-8-10)11(13)12(15-2,16-3)17-4/h5-8H,1-4H3. The molecule has 0 bridgehead atoms. The minimum atomic E-state index is -0.450. The van der Waals surface area contributed by atoms with Crippen molar-refractivity contribution in [3.63, 3.8) is 0 Å². The largest absolute Gasteiger partial charge is 0.497 e.